The molecule has 1 amide bonds. The number of nitrogens with zero attached hydrogens (tertiary/aromatic N) is 2. The fraction of sp³-hybridized carbons (Fsp3) is 0.200. The highest BCUT2D eigenvalue weighted by molar-refractivity contribution is 5.95. The van der Waals surface area contributed by atoms with E-state index < -0.39 is 0 Å². The van der Waals surface area contributed by atoms with Crippen LogP contribution in [0.4, 0.5) is 5.82 Å². The minimum absolute atomic E-state index is 0.0454. The quantitative estimate of drug-likeness (QED) is 0.775. The largest absolute Gasteiger partial charge is 0.308 e. The summed E-state index contributed by atoms with van der Waals surface area (Å²) in [5, 5.41) is 10.8. The number of fused-ring (bicyclic) bond motifs is 1. The Balaban J connectivity index is 1.49. The molecule has 2 aromatic carbocycles. The molecule has 1 aliphatic heterocycles. The molecule has 0 aliphatic carbocycles. The minimum atomic E-state index is -0.240. The van der Waals surface area contributed by atoms with Crippen LogP contribution in [0.3, 0.4) is 0 Å². The second-order valence-corrected chi connectivity index (χ2v) is 6.34. The first kappa shape index (κ1) is 15.6. The summed E-state index contributed by atoms with van der Waals surface area (Å²) in [6, 6.07) is 17.9. The number of aryl methyl sites for hydroxylation is 1. The van der Waals surface area contributed by atoms with E-state index in [0.717, 1.165) is 11.3 Å². The van der Waals surface area contributed by atoms with Gasteiger partial charge in [-0.15, -0.1) is 5.10 Å². The Morgan fingerprint density at radius 3 is 2.64 bits per heavy atom. The van der Waals surface area contributed by atoms with Crippen molar-refractivity contribution in [2.45, 2.75) is 25.9 Å². The van der Waals surface area contributed by atoms with Crippen molar-refractivity contribution in [3.63, 3.8) is 0 Å². The van der Waals surface area contributed by atoms with Gasteiger partial charge in [0.2, 0.25) is 5.91 Å². The molecule has 5 nitrogen and oxygen atoms in total. The van der Waals surface area contributed by atoms with Gasteiger partial charge in [0, 0.05) is 18.3 Å². The second kappa shape index (κ2) is 6.53. The molecule has 2 N–H and O–H groups in total. The number of rotatable bonds is 3. The molecular weight excluding hydrogens is 312 g/mol. The van der Waals surface area contributed by atoms with Crippen molar-refractivity contribution < 1.29 is 4.79 Å². The van der Waals surface area contributed by atoms with Crippen LogP contribution in [0.5, 0.6) is 0 Å². The van der Waals surface area contributed by atoms with Crippen LogP contribution in [0.15, 0.2) is 60.8 Å². The number of anilines is 1. The molecule has 2 heterocycles. The Bertz CT molecular complexity index is 901. The van der Waals surface area contributed by atoms with Gasteiger partial charge in [0.15, 0.2) is 5.82 Å². The number of nitrogens with one attached hydrogen (secondary N) is 2. The number of para-hydroxylation sites is 1. The molecule has 0 spiro atoms. The number of hydrogen-bond donors (Lipinski definition) is 2. The van der Waals surface area contributed by atoms with Gasteiger partial charge in [0.1, 0.15) is 0 Å². The molecule has 1 aromatic heterocycles. The van der Waals surface area contributed by atoms with E-state index in [1.54, 1.807) is 4.68 Å². The molecule has 3 aromatic rings. The Hall–Kier alpha value is -2.92. The number of aromatic nitrogens is 2. The molecule has 126 valence electrons. The summed E-state index contributed by atoms with van der Waals surface area (Å²) in [5.41, 5.74) is 4.40. The monoisotopic (exact) mass is 332 g/mol. The standard InChI is InChI=1S/C20H20N4O/c1-14-13-24(17-9-3-2-4-10-17)23-19(14)22-20(25)18-11-15-7-5-6-8-16(15)12-21-18/h2-10,13,18,21H,11-12H2,1H3,(H,22,23,25)/t18-/m1/s1. The maximum atomic E-state index is 12.7. The van der Waals surface area contributed by atoms with Crippen LogP contribution in [0.2, 0.25) is 0 Å². The summed E-state index contributed by atoms with van der Waals surface area (Å²) in [7, 11) is 0. The van der Waals surface area contributed by atoms with Gasteiger partial charge in [-0.3, -0.25) is 4.79 Å². The van der Waals surface area contributed by atoms with Crippen molar-refractivity contribution in [2.75, 3.05) is 5.32 Å². The lowest BCUT2D eigenvalue weighted by Crippen LogP contribution is -2.44. The van der Waals surface area contributed by atoms with E-state index in [4.69, 9.17) is 0 Å². The van der Waals surface area contributed by atoms with Gasteiger partial charge < -0.3 is 10.6 Å². The van der Waals surface area contributed by atoms with Gasteiger partial charge in [-0.25, -0.2) is 4.68 Å². The van der Waals surface area contributed by atoms with Gasteiger partial charge in [-0.1, -0.05) is 42.5 Å². The Morgan fingerprint density at radius 2 is 1.84 bits per heavy atom. The van der Waals surface area contributed by atoms with Crippen LogP contribution < -0.4 is 10.6 Å². The molecule has 25 heavy (non-hydrogen) atoms. The molecule has 0 unspecified atom stereocenters. The zero-order chi connectivity index (χ0) is 17.2. The molecule has 5 heteroatoms. The molecular formula is C20H20N4O. The van der Waals surface area contributed by atoms with Crippen molar-refractivity contribution in [1.29, 1.82) is 0 Å². The third-order valence-electron chi connectivity index (χ3n) is 4.56. The highest BCUT2D eigenvalue weighted by atomic mass is 16.2. The van der Waals surface area contributed by atoms with Gasteiger partial charge in [-0.05, 0) is 36.6 Å². The molecule has 0 radical (unpaired) electrons. The molecule has 4 rings (SSSR count). The zero-order valence-electron chi connectivity index (χ0n) is 14.1. The predicted octanol–water partition coefficient (Wildman–Crippen LogP) is 2.83. The highest BCUT2D eigenvalue weighted by Gasteiger charge is 2.24. The Morgan fingerprint density at radius 1 is 1.12 bits per heavy atom. The first-order chi connectivity index (χ1) is 12.2. The third kappa shape index (κ3) is 3.19. The summed E-state index contributed by atoms with van der Waals surface area (Å²) in [5.74, 6) is 0.561. The van der Waals surface area contributed by atoms with E-state index in [2.05, 4.69) is 27.9 Å². The van der Waals surface area contributed by atoms with Gasteiger partial charge in [-0.2, -0.15) is 0 Å². The van der Waals surface area contributed by atoms with Crippen molar-refractivity contribution in [3.8, 4) is 5.69 Å². The molecule has 0 fully saturated rings. The Kier molecular flexibility index (Phi) is 4.07. The number of benzene rings is 2. The van der Waals surface area contributed by atoms with Crippen LogP contribution >= 0.6 is 0 Å². The lowest BCUT2D eigenvalue weighted by Gasteiger charge is -2.25. The van der Waals surface area contributed by atoms with Crippen molar-refractivity contribution in [2.24, 2.45) is 0 Å². The van der Waals surface area contributed by atoms with Crippen LogP contribution in [-0.4, -0.2) is 21.7 Å². The fourth-order valence-electron chi connectivity index (χ4n) is 3.14. The van der Waals surface area contributed by atoms with E-state index in [0.29, 0.717) is 18.8 Å². The molecule has 0 bridgehead atoms. The summed E-state index contributed by atoms with van der Waals surface area (Å²) in [6.07, 6.45) is 2.62. The number of amides is 1. The van der Waals surface area contributed by atoms with Crippen molar-refractivity contribution in [3.05, 3.63) is 77.5 Å². The summed E-state index contributed by atoms with van der Waals surface area (Å²) < 4.78 is 1.79. The lowest BCUT2D eigenvalue weighted by atomic mass is 9.95. The van der Waals surface area contributed by atoms with E-state index >= 15 is 0 Å². The maximum Gasteiger partial charge on any atom is 0.243 e. The minimum Gasteiger partial charge on any atom is -0.308 e. The van der Waals surface area contributed by atoms with Crippen LogP contribution in [0, 0.1) is 6.92 Å². The number of carbonyl (C=O) groups is 1. The zero-order valence-corrected chi connectivity index (χ0v) is 14.1. The van der Waals surface area contributed by atoms with Gasteiger partial charge in [0.05, 0.1) is 11.7 Å². The van der Waals surface area contributed by atoms with Gasteiger partial charge >= 0.3 is 0 Å². The second-order valence-electron chi connectivity index (χ2n) is 6.34. The lowest BCUT2D eigenvalue weighted by molar-refractivity contribution is -0.118. The third-order valence-corrected chi connectivity index (χ3v) is 4.56. The van der Waals surface area contributed by atoms with E-state index in [1.165, 1.54) is 11.1 Å². The van der Waals surface area contributed by atoms with Crippen molar-refractivity contribution >= 4 is 11.7 Å². The molecule has 1 aliphatic rings. The average Bonchev–Trinajstić information content (AvgIpc) is 3.02. The SMILES string of the molecule is Cc1cn(-c2ccccc2)nc1NC(=O)[C@H]1Cc2ccccc2CN1. The summed E-state index contributed by atoms with van der Waals surface area (Å²) in [4.78, 5) is 12.7. The Labute approximate surface area is 146 Å². The topological polar surface area (TPSA) is 59.0 Å². The van der Waals surface area contributed by atoms with E-state index in [1.807, 2.05) is 55.6 Å². The fourth-order valence-corrected chi connectivity index (χ4v) is 3.14. The summed E-state index contributed by atoms with van der Waals surface area (Å²) >= 11 is 0. The smallest absolute Gasteiger partial charge is 0.243 e. The predicted molar refractivity (Wildman–Crippen MR) is 97.7 cm³/mol. The van der Waals surface area contributed by atoms with E-state index in [-0.39, 0.29) is 11.9 Å². The van der Waals surface area contributed by atoms with Crippen LogP contribution in [-0.2, 0) is 17.8 Å². The van der Waals surface area contributed by atoms with E-state index in [9.17, 15) is 4.79 Å². The number of hydrogen-bond acceptors (Lipinski definition) is 3. The first-order valence-corrected chi connectivity index (χ1v) is 8.43. The van der Waals surface area contributed by atoms with Crippen LogP contribution in [0.25, 0.3) is 5.69 Å². The molecule has 1 atom stereocenters. The number of carbonyl (C=O) groups excluding carboxylic acids is 1. The van der Waals surface area contributed by atoms with Crippen LogP contribution in [0.1, 0.15) is 16.7 Å². The first-order valence-electron chi connectivity index (χ1n) is 8.43. The normalized spacial score (nSPS) is 16.3. The van der Waals surface area contributed by atoms with Gasteiger partial charge in [0.25, 0.3) is 0 Å². The maximum absolute atomic E-state index is 12.7. The van der Waals surface area contributed by atoms with Crippen molar-refractivity contribution in [1.82, 2.24) is 15.1 Å². The molecule has 0 saturated heterocycles. The summed E-state index contributed by atoms with van der Waals surface area (Å²) in [6.45, 7) is 2.66. The molecule has 0 saturated carbocycles. The highest BCUT2D eigenvalue weighted by Crippen LogP contribution is 2.19. The average molecular weight is 332 g/mol.